The Bertz CT molecular complexity index is 739. The van der Waals surface area contributed by atoms with Gasteiger partial charge in [0.1, 0.15) is 6.33 Å². The molecule has 22 heavy (non-hydrogen) atoms. The summed E-state index contributed by atoms with van der Waals surface area (Å²) in [5.74, 6) is -0.151. The maximum Gasteiger partial charge on any atom is 0.251 e. The molecule has 0 aliphatic carbocycles. The maximum absolute atomic E-state index is 12.2. The van der Waals surface area contributed by atoms with Gasteiger partial charge in [-0.05, 0) is 53.7 Å². The van der Waals surface area contributed by atoms with E-state index >= 15 is 0 Å². The largest absolute Gasteiger partial charge is 0.344 e. The highest BCUT2D eigenvalue weighted by Crippen LogP contribution is 2.11. The predicted molar refractivity (Wildman–Crippen MR) is 79.3 cm³/mol. The lowest BCUT2D eigenvalue weighted by Gasteiger charge is -2.13. The molecule has 1 aromatic carbocycles. The zero-order chi connectivity index (χ0) is 15.4. The predicted octanol–water partition coefficient (Wildman–Crippen LogP) is 1.55. The number of rotatable bonds is 4. The second-order valence-corrected chi connectivity index (χ2v) is 4.75. The van der Waals surface area contributed by atoms with Gasteiger partial charge in [-0.25, -0.2) is 4.68 Å². The zero-order valence-corrected chi connectivity index (χ0v) is 11.9. The van der Waals surface area contributed by atoms with Gasteiger partial charge < -0.3 is 5.32 Å². The van der Waals surface area contributed by atoms with Crippen LogP contribution in [0.4, 0.5) is 0 Å². The fourth-order valence-electron chi connectivity index (χ4n) is 2.03. The SMILES string of the molecule is CC(NC(=O)c1ccc(-n2cnnn2)cc1)c1ccccn1. The number of carbonyl (C=O) groups excluding carboxylic acids is 1. The molecule has 1 unspecified atom stereocenters. The van der Waals surface area contributed by atoms with E-state index in [0.29, 0.717) is 5.56 Å². The topological polar surface area (TPSA) is 85.6 Å². The second kappa shape index (κ2) is 6.13. The van der Waals surface area contributed by atoms with Crippen LogP contribution in [0, 0.1) is 0 Å². The van der Waals surface area contributed by atoms with Crippen LogP contribution in [-0.4, -0.2) is 31.1 Å². The standard InChI is InChI=1S/C15H14N6O/c1-11(14-4-2-3-9-16-14)18-15(22)12-5-7-13(8-6-12)21-10-17-19-20-21/h2-11H,1H3,(H,18,22). The number of aromatic nitrogens is 5. The van der Waals surface area contributed by atoms with Crippen LogP contribution in [0.15, 0.2) is 55.0 Å². The van der Waals surface area contributed by atoms with Gasteiger partial charge in [-0.2, -0.15) is 0 Å². The van der Waals surface area contributed by atoms with Crippen molar-refractivity contribution in [1.29, 1.82) is 0 Å². The average Bonchev–Trinajstić information content (AvgIpc) is 3.10. The minimum atomic E-state index is -0.159. The summed E-state index contributed by atoms with van der Waals surface area (Å²) in [6.45, 7) is 1.90. The van der Waals surface area contributed by atoms with Crippen molar-refractivity contribution in [3.63, 3.8) is 0 Å². The first-order chi connectivity index (χ1) is 10.7. The molecular weight excluding hydrogens is 280 g/mol. The molecule has 1 atom stereocenters. The van der Waals surface area contributed by atoms with Gasteiger partial charge in [-0.15, -0.1) is 5.10 Å². The number of pyridine rings is 1. The highest BCUT2D eigenvalue weighted by atomic mass is 16.1. The molecule has 1 amide bonds. The van der Waals surface area contributed by atoms with Crippen molar-refractivity contribution in [3.05, 3.63) is 66.2 Å². The van der Waals surface area contributed by atoms with E-state index < -0.39 is 0 Å². The summed E-state index contributed by atoms with van der Waals surface area (Å²) in [5.41, 5.74) is 2.18. The molecule has 3 aromatic rings. The Labute approximate surface area is 127 Å². The van der Waals surface area contributed by atoms with Crippen LogP contribution in [-0.2, 0) is 0 Å². The molecule has 7 nitrogen and oxygen atoms in total. The highest BCUT2D eigenvalue weighted by Gasteiger charge is 2.12. The Morgan fingerprint density at radius 1 is 1.18 bits per heavy atom. The molecule has 1 N–H and O–H groups in total. The summed E-state index contributed by atoms with van der Waals surface area (Å²) < 4.78 is 1.53. The van der Waals surface area contributed by atoms with E-state index in [4.69, 9.17) is 0 Å². The molecule has 2 heterocycles. The Kier molecular flexibility index (Phi) is 3.86. The molecule has 2 aromatic heterocycles. The van der Waals surface area contributed by atoms with Crippen molar-refractivity contribution >= 4 is 5.91 Å². The highest BCUT2D eigenvalue weighted by molar-refractivity contribution is 5.94. The van der Waals surface area contributed by atoms with E-state index in [1.165, 1.54) is 11.0 Å². The molecule has 0 bridgehead atoms. The van der Waals surface area contributed by atoms with E-state index in [1.54, 1.807) is 30.5 Å². The number of nitrogens with one attached hydrogen (secondary N) is 1. The van der Waals surface area contributed by atoms with E-state index in [-0.39, 0.29) is 11.9 Å². The van der Waals surface area contributed by atoms with Crippen LogP contribution in [0.25, 0.3) is 5.69 Å². The lowest BCUT2D eigenvalue weighted by Crippen LogP contribution is -2.27. The van der Waals surface area contributed by atoms with Crippen LogP contribution in [0.5, 0.6) is 0 Å². The first kappa shape index (κ1) is 13.9. The van der Waals surface area contributed by atoms with Gasteiger partial charge >= 0.3 is 0 Å². The fourth-order valence-corrected chi connectivity index (χ4v) is 2.03. The van der Waals surface area contributed by atoms with Crippen molar-refractivity contribution < 1.29 is 4.79 Å². The van der Waals surface area contributed by atoms with Crippen LogP contribution >= 0.6 is 0 Å². The second-order valence-electron chi connectivity index (χ2n) is 4.75. The van der Waals surface area contributed by atoms with E-state index in [2.05, 4.69) is 25.8 Å². The Balaban J connectivity index is 1.70. The summed E-state index contributed by atoms with van der Waals surface area (Å²) in [6, 6.07) is 12.5. The van der Waals surface area contributed by atoms with Gasteiger partial charge in [0.25, 0.3) is 5.91 Å². The summed E-state index contributed by atoms with van der Waals surface area (Å²) in [6.07, 6.45) is 3.21. The summed E-state index contributed by atoms with van der Waals surface area (Å²) in [7, 11) is 0. The van der Waals surface area contributed by atoms with Crippen LogP contribution in [0.3, 0.4) is 0 Å². The van der Waals surface area contributed by atoms with Crippen molar-refractivity contribution in [2.24, 2.45) is 0 Å². The summed E-state index contributed by atoms with van der Waals surface area (Å²) >= 11 is 0. The lowest BCUT2D eigenvalue weighted by atomic mass is 10.1. The van der Waals surface area contributed by atoms with E-state index in [1.807, 2.05) is 25.1 Å². The number of nitrogens with zero attached hydrogens (tertiary/aromatic N) is 5. The third-order valence-corrected chi connectivity index (χ3v) is 3.22. The van der Waals surface area contributed by atoms with Crippen LogP contribution < -0.4 is 5.32 Å². The number of hydrogen-bond donors (Lipinski definition) is 1. The maximum atomic E-state index is 12.2. The number of tetrazole rings is 1. The van der Waals surface area contributed by atoms with Gasteiger partial charge in [0, 0.05) is 11.8 Å². The number of carbonyl (C=O) groups is 1. The third-order valence-electron chi connectivity index (χ3n) is 3.22. The summed E-state index contributed by atoms with van der Waals surface area (Å²) in [4.78, 5) is 16.5. The minimum absolute atomic E-state index is 0.151. The molecule has 0 radical (unpaired) electrons. The van der Waals surface area contributed by atoms with Gasteiger partial charge in [-0.3, -0.25) is 9.78 Å². The number of benzene rings is 1. The quantitative estimate of drug-likeness (QED) is 0.789. The fraction of sp³-hybridized carbons (Fsp3) is 0.133. The van der Waals surface area contributed by atoms with Gasteiger partial charge in [-0.1, -0.05) is 6.07 Å². The van der Waals surface area contributed by atoms with Crippen molar-refractivity contribution in [2.75, 3.05) is 0 Å². The zero-order valence-electron chi connectivity index (χ0n) is 11.9. The monoisotopic (exact) mass is 294 g/mol. The van der Waals surface area contributed by atoms with Crippen molar-refractivity contribution in [3.8, 4) is 5.69 Å². The van der Waals surface area contributed by atoms with Crippen LogP contribution in [0.2, 0.25) is 0 Å². The number of hydrogen-bond acceptors (Lipinski definition) is 5. The molecule has 3 rings (SSSR count). The Hall–Kier alpha value is -3.09. The molecule has 0 aliphatic rings. The smallest absolute Gasteiger partial charge is 0.251 e. The average molecular weight is 294 g/mol. The van der Waals surface area contributed by atoms with E-state index in [9.17, 15) is 4.79 Å². The summed E-state index contributed by atoms with van der Waals surface area (Å²) in [5, 5.41) is 13.9. The minimum Gasteiger partial charge on any atom is -0.344 e. The molecule has 0 fully saturated rings. The molecule has 0 aliphatic heterocycles. The molecule has 0 spiro atoms. The van der Waals surface area contributed by atoms with Gasteiger partial charge in [0.05, 0.1) is 17.4 Å². The first-order valence-corrected chi connectivity index (χ1v) is 6.79. The van der Waals surface area contributed by atoms with Crippen molar-refractivity contribution in [1.82, 2.24) is 30.5 Å². The van der Waals surface area contributed by atoms with Crippen LogP contribution in [0.1, 0.15) is 29.0 Å². The van der Waals surface area contributed by atoms with E-state index in [0.717, 1.165) is 11.4 Å². The van der Waals surface area contributed by atoms with Gasteiger partial charge in [0.2, 0.25) is 0 Å². The molecule has 110 valence electrons. The number of amides is 1. The van der Waals surface area contributed by atoms with Gasteiger partial charge in [0.15, 0.2) is 0 Å². The normalized spacial score (nSPS) is 11.9. The Morgan fingerprint density at radius 2 is 2.00 bits per heavy atom. The molecule has 7 heteroatoms. The first-order valence-electron chi connectivity index (χ1n) is 6.79. The molecular formula is C15H14N6O. The third kappa shape index (κ3) is 2.98. The molecule has 0 saturated carbocycles. The lowest BCUT2D eigenvalue weighted by molar-refractivity contribution is 0.0939. The molecule has 0 saturated heterocycles. The Morgan fingerprint density at radius 3 is 2.64 bits per heavy atom. The van der Waals surface area contributed by atoms with Crippen molar-refractivity contribution in [2.45, 2.75) is 13.0 Å².